The van der Waals surface area contributed by atoms with Crippen molar-refractivity contribution in [3.05, 3.63) is 145 Å². The highest BCUT2D eigenvalue weighted by Gasteiger charge is 2.28. The van der Waals surface area contributed by atoms with E-state index < -0.39 is 0 Å². The maximum Gasteiger partial charge on any atom is 0.166 e. The Hall–Kier alpha value is -4.41. The van der Waals surface area contributed by atoms with Gasteiger partial charge < -0.3 is 14.7 Å². The predicted octanol–water partition coefficient (Wildman–Crippen LogP) is 10.7. The second-order valence-electron chi connectivity index (χ2n) is 12.6. The van der Waals surface area contributed by atoms with Gasteiger partial charge in [0.1, 0.15) is 0 Å². The summed E-state index contributed by atoms with van der Waals surface area (Å²) in [7, 11) is -0.112. The zero-order valence-electron chi connectivity index (χ0n) is 28.7. The highest BCUT2D eigenvalue weighted by atomic mass is 32.2. The standard InChI is InChI=1S/C44H50N3S/c1-3-5-31-45(32-6-4-2)39-23-19-37(20-24-39)17-18-38-21-25-40(26-22-38)46-33-35-47(36-34-46)41-27-29-44(30-28-41)48(42-13-9-7-10-14-42)43-15-11-8-12-16-43/h7-30H,3-6,31-36H2,1-2H3/q+1/b18-17+. The Morgan fingerprint density at radius 3 is 1.33 bits per heavy atom. The summed E-state index contributed by atoms with van der Waals surface area (Å²) in [4.78, 5) is 11.7. The Kier molecular flexibility index (Phi) is 11.9. The highest BCUT2D eigenvalue weighted by molar-refractivity contribution is 7.97. The molecule has 0 bridgehead atoms. The maximum atomic E-state index is 2.54. The molecular weight excluding hydrogens is 603 g/mol. The lowest BCUT2D eigenvalue weighted by molar-refractivity contribution is 0.653. The summed E-state index contributed by atoms with van der Waals surface area (Å²) in [6, 6.07) is 49.2. The van der Waals surface area contributed by atoms with Crippen LogP contribution in [0.15, 0.2) is 148 Å². The summed E-state index contributed by atoms with van der Waals surface area (Å²) < 4.78 is 0. The summed E-state index contributed by atoms with van der Waals surface area (Å²) in [5, 5.41) is 0. The van der Waals surface area contributed by atoms with Gasteiger partial charge in [-0.3, -0.25) is 0 Å². The number of unbranched alkanes of at least 4 members (excludes halogenated alkanes) is 2. The summed E-state index contributed by atoms with van der Waals surface area (Å²) in [6.45, 7) is 10.9. The summed E-state index contributed by atoms with van der Waals surface area (Å²) in [6.07, 6.45) is 9.42. The number of hydrogen-bond donors (Lipinski definition) is 0. The van der Waals surface area contributed by atoms with E-state index in [2.05, 4.69) is 174 Å². The first-order valence-electron chi connectivity index (χ1n) is 17.8. The monoisotopic (exact) mass is 652 g/mol. The van der Waals surface area contributed by atoms with Crippen LogP contribution in [0, 0.1) is 0 Å². The third-order valence-electron chi connectivity index (χ3n) is 9.22. The largest absolute Gasteiger partial charge is 0.372 e. The molecule has 3 nitrogen and oxygen atoms in total. The van der Waals surface area contributed by atoms with Crippen molar-refractivity contribution in [2.75, 3.05) is 54.0 Å². The topological polar surface area (TPSA) is 9.72 Å². The van der Waals surface area contributed by atoms with Gasteiger partial charge in [-0.1, -0.05) is 99.5 Å². The van der Waals surface area contributed by atoms with Gasteiger partial charge >= 0.3 is 0 Å². The van der Waals surface area contributed by atoms with E-state index in [4.69, 9.17) is 0 Å². The lowest BCUT2D eigenvalue weighted by atomic mass is 10.1. The lowest BCUT2D eigenvalue weighted by Gasteiger charge is -2.37. The van der Waals surface area contributed by atoms with Crippen molar-refractivity contribution < 1.29 is 0 Å². The second kappa shape index (κ2) is 17.1. The molecule has 1 fully saturated rings. The zero-order chi connectivity index (χ0) is 33.0. The molecule has 1 aliphatic rings. The molecule has 5 aromatic rings. The molecule has 0 N–H and O–H groups in total. The van der Waals surface area contributed by atoms with Gasteiger partial charge in [-0.15, -0.1) is 0 Å². The minimum absolute atomic E-state index is 0.112. The van der Waals surface area contributed by atoms with E-state index in [1.807, 2.05) is 0 Å². The van der Waals surface area contributed by atoms with Crippen LogP contribution < -0.4 is 14.7 Å². The van der Waals surface area contributed by atoms with Crippen molar-refractivity contribution in [1.82, 2.24) is 0 Å². The molecule has 0 aliphatic carbocycles. The fourth-order valence-electron chi connectivity index (χ4n) is 6.39. The first-order chi connectivity index (χ1) is 23.7. The normalized spacial score (nSPS) is 13.4. The third kappa shape index (κ3) is 8.73. The average Bonchev–Trinajstić information content (AvgIpc) is 3.16. The van der Waals surface area contributed by atoms with Crippen LogP contribution in [0.3, 0.4) is 0 Å². The van der Waals surface area contributed by atoms with Crippen molar-refractivity contribution in [2.45, 2.75) is 54.2 Å². The van der Waals surface area contributed by atoms with E-state index in [1.54, 1.807) is 0 Å². The smallest absolute Gasteiger partial charge is 0.166 e. The van der Waals surface area contributed by atoms with Crippen LogP contribution in [0.4, 0.5) is 17.1 Å². The van der Waals surface area contributed by atoms with Crippen LogP contribution in [-0.4, -0.2) is 39.3 Å². The van der Waals surface area contributed by atoms with Gasteiger partial charge in [-0.05, 0) is 96.8 Å². The molecule has 0 saturated carbocycles. The number of piperazine rings is 1. The van der Waals surface area contributed by atoms with Gasteiger partial charge in [0.25, 0.3) is 0 Å². The number of rotatable bonds is 14. The van der Waals surface area contributed by atoms with Crippen LogP contribution in [0.25, 0.3) is 12.2 Å². The average molecular weight is 653 g/mol. The van der Waals surface area contributed by atoms with Gasteiger partial charge in [0.15, 0.2) is 14.7 Å². The second-order valence-corrected chi connectivity index (χ2v) is 14.6. The molecule has 5 aromatic carbocycles. The molecule has 1 aliphatic heterocycles. The zero-order valence-corrected chi connectivity index (χ0v) is 29.5. The molecule has 1 saturated heterocycles. The van der Waals surface area contributed by atoms with E-state index in [1.165, 1.54) is 68.6 Å². The van der Waals surface area contributed by atoms with E-state index in [0.29, 0.717) is 0 Å². The number of anilines is 3. The van der Waals surface area contributed by atoms with Gasteiger partial charge in [0.05, 0.1) is 10.9 Å². The molecule has 0 radical (unpaired) electrons. The van der Waals surface area contributed by atoms with Gasteiger partial charge in [0.2, 0.25) is 0 Å². The molecule has 48 heavy (non-hydrogen) atoms. The first kappa shape index (κ1) is 33.5. The van der Waals surface area contributed by atoms with Crippen LogP contribution in [0.5, 0.6) is 0 Å². The first-order valence-corrected chi connectivity index (χ1v) is 19.0. The number of nitrogens with zero attached hydrogens (tertiary/aromatic N) is 3. The lowest BCUT2D eigenvalue weighted by Crippen LogP contribution is -2.46. The van der Waals surface area contributed by atoms with E-state index in [0.717, 1.165) is 39.3 Å². The number of hydrogen-bond acceptors (Lipinski definition) is 3. The van der Waals surface area contributed by atoms with Crippen LogP contribution >= 0.6 is 0 Å². The van der Waals surface area contributed by atoms with E-state index >= 15 is 0 Å². The molecule has 0 spiro atoms. The van der Waals surface area contributed by atoms with Gasteiger partial charge in [0, 0.05) is 56.3 Å². The van der Waals surface area contributed by atoms with Crippen molar-refractivity contribution in [3.8, 4) is 0 Å². The van der Waals surface area contributed by atoms with Crippen LogP contribution in [0.1, 0.15) is 50.7 Å². The van der Waals surface area contributed by atoms with E-state index in [9.17, 15) is 0 Å². The molecule has 1 heterocycles. The summed E-state index contributed by atoms with van der Waals surface area (Å²) >= 11 is 0. The molecule has 0 unspecified atom stereocenters. The van der Waals surface area contributed by atoms with Crippen LogP contribution in [0.2, 0.25) is 0 Å². The maximum absolute atomic E-state index is 2.54. The Bertz CT molecular complexity index is 1630. The predicted molar refractivity (Wildman–Crippen MR) is 210 cm³/mol. The van der Waals surface area contributed by atoms with Crippen LogP contribution in [-0.2, 0) is 10.9 Å². The minimum Gasteiger partial charge on any atom is -0.372 e. The third-order valence-corrected chi connectivity index (χ3v) is 11.5. The Morgan fingerprint density at radius 1 is 0.500 bits per heavy atom. The van der Waals surface area contributed by atoms with Crippen molar-refractivity contribution in [3.63, 3.8) is 0 Å². The molecule has 6 rings (SSSR count). The van der Waals surface area contributed by atoms with E-state index in [-0.39, 0.29) is 10.9 Å². The van der Waals surface area contributed by atoms with Crippen molar-refractivity contribution >= 4 is 40.1 Å². The fraction of sp³-hybridized carbons (Fsp3) is 0.273. The molecule has 0 aromatic heterocycles. The van der Waals surface area contributed by atoms with Crippen molar-refractivity contribution in [1.29, 1.82) is 0 Å². The van der Waals surface area contributed by atoms with Crippen molar-refractivity contribution in [2.24, 2.45) is 0 Å². The summed E-state index contributed by atoms with van der Waals surface area (Å²) in [5.41, 5.74) is 6.44. The van der Waals surface area contributed by atoms with Gasteiger partial charge in [-0.25, -0.2) is 0 Å². The fourth-order valence-corrected chi connectivity index (χ4v) is 8.47. The minimum atomic E-state index is -0.112. The Morgan fingerprint density at radius 2 is 0.896 bits per heavy atom. The molecule has 0 atom stereocenters. The Balaban J connectivity index is 1.03. The molecule has 4 heteroatoms. The highest BCUT2D eigenvalue weighted by Crippen LogP contribution is 2.32. The molecular formula is C44H50N3S+. The Labute approximate surface area is 291 Å². The SMILES string of the molecule is CCCCN(CCCC)c1ccc(/C=C/c2ccc(N3CCN(c4ccc([S+](c5ccccc5)c5ccccc5)cc4)CC3)cc2)cc1. The quantitative estimate of drug-likeness (QED) is 0.0873. The molecule has 0 amide bonds. The summed E-state index contributed by atoms with van der Waals surface area (Å²) in [5.74, 6) is 0. The number of benzene rings is 5. The molecule has 246 valence electrons. The van der Waals surface area contributed by atoms with Gasteiger partial charge in [-0.2, -0.15) is 0 Å².